The number of hydrogen-bond acceptors (Lipinski definition) is 6. The highest BCUT2D eigenvalue weighted by molar-refractivity contribution is 5.98. The van der Waals surface area contributed by atoms with E-state index in [1.54, 1.807) is 25.3 Å². The van der Waals surface area contributed by atoms with Crippen molar-refractivity contribution in [2.75, 3.05) is 41.6 Å². The molecule has 0 heterocycles. The van der Waals surface area contributed by atoms with Crippen molar-refractivity contribution < 1.29 is 28.5 Å². The summed E-state index contributed by atoms with van der Waals surface area (Å²) in [4.78, 5) is 12.4. The second-order valence-corrected chi connectivity index (χ2v) is 5.17. The Hall–Kier alpha value is -3.09. The Bertz CT molecular complexity index is 747. The van der Waals surface area contributed by atoms with Crippen molar-refractivity contribution in [3.05, 3.63) is 42.0 Å². The average Bonchev–Trinajstić information content (AvgIpc) is 2.69. The maximum Gasteiger partial charge on any atom is 0.255 e. The summed E-state index contributed by atoms with van der Waals surface area (Å²) in [6.07, 6.45) is 0. The first-order chi connectivity index (χ1) is 12.6. The number of carbonyl (C=O) groups excluding carboxylic acids is 1. The van der Waals surface area contributed by atoms with Gasteiger partial charge in [-0.25, -0.2) is 0 Å². The Labute approximate surface area is 152 Å². The number of amides is 1. The van der Waals surface area contributed by atoms with Gasteiger partial charge in [0.05, 0.1) is 40.5 Å². The fourth-order valence-electron chi connectivity index (χ4n) is 2.40. The van der Waals surface area contributed by atoms with E-state index in [0.717, 1.165) is 0 Å². The number of methoxy groups -OCH3 is 4. The van der Waals surface area contributed by atoms with E-state index in [-0.39, 0.29) is 5.91 Å². The van der Waals surface area contributed by atoms with E-state index < -0.39 is 0 Å². The van der Waals surface area contributed by atoms with Crippen LogP contribution in [-0.4, -0.2) is 47.5 Å². The van der Waals surface area contributed by atoms with Gasteiger partial charge in [-0.1, -0.05) is 6.07 Å². The molecule has 2 aromatic carbocycles. The van der Waals surface area contributed by atoms with Gasteiger partial charge in [-0.05, 0) is 24.3 Å². The number of nitrogens with one attached hydrogen (secondary N) is 1. The van der Waals surface area contributed by atoms with Crippen molar-refractivity contribution in [1.29, 1.82) is 0 Å². The standard InChI is InChI=1S/C19H23NO6/c1-22-13-6-5-7-14(12-13)26-11-10-20-19(21)15-8-9-16(23-2)18(25-4)17(15)24-3/h5-9,12H,10-11H2,1-4H3,(H,20,21). The molecule has 0 saturated heterocycles. The molecule has 140 valence electrons. The largest absolute Gasteiger partial charge is 0.497 e. The van der Waals surface area contributed by atoms with Crippen LogP contribution in [0.2, 0.25) is 0 Å². The molecule has 26 heavy (non-hydrogen) atoms. The summed E-state index contributed by atoms with van der Waals surface area (Å²) >= 11 is 0. The molecular weight excluding hydrogens is 338 g/mol. The van der Waals surface area contributed by atoms with Gasteiger partial charge in [0, 0.05) is 6.07 Å². The Kier molecular flexibility index (Phi) is 6.96. The maximum atomic E-state index is 12.4. The Morgan fingerprint density at radius 2 is 1.62 bits per heavy atom. The fraction of sp³-hybridized carbons (Fsp3) is 0.316. The highest BCUT2D eigenvalue weighted by Crippen LogP contribution is 2.39. The molecule has 0 aliphatic carbocycles. The van der Waals surface area contributed by atoms with E-state index in [1.807, 2.05) is 18.2 Å². The molecular formula is C19H23NO6. The van der Waals surface area contributed by atoms with Gasteiger partial charge in [0.2, 0.25) is 5.75 Å². The summed E-state index contributed by atoms with van der Waals surface area (Å²) in [5.41, 5.74) is 0.353. The summed E-state index contributed by atoms with van der Waals surface area (Å²) < 4.78 is 26.6. The third kappa shape index (κ3) is 4.50. The Morgan fingerprint density at radius 3 is 2.27 bits per heavy atom. The summed E-state index contributed by atoms with van der Waals surface area (Å²) in [5, 5.41) is 2.79. The molecule has 0 unspecified atom stereocenters. The first kappa shape index (κ1) is 19.2. The van der Waals surface area contributed by atoms with E-state index >= 15 is 0 Å². The molecule has 0 aromatic heterocycles. The summed E-state index contributed by atoms with van der Waals surface area (Å²) in [6, 6.07) is 10.5. The normalized spacial score (nSPS) is 10.0. The van der Waals surface area contributed by atoms with Crippen LogP contribution in [0.4, 0.5) is 0 Å². The van der Waals surface area contributed by atoms with Crippen LogP contribution in [0.1, 0.15) is 10.4 Å². The maximum absolute atomic E-state index is 12.4. The number of benzene rings is 2. The highest BCUT2D eigenvalue weighted by Gasteiger charge is 2.20. The van der Waals surface area contributed by atoms with Crippen molar-refractivity contribution in [2.45, 2.75) is 0 Å². The zero-order valence-electron chi connectivity index (χ0n) is 15.3. The predicted molar refractivity (Wildman–Crippen MR) is 96.9 cm³/mol. The SMILES string of the molecule is COc1cccc(OCCNC(=O)c2ccc(OC)c(OC)c2OC)c1. The molecule has 7 nitrogen and oxygen atoms in total. The monoisotopic (exact) mass is 361 g/mol. The highest BCUT2D eigenvalue weighted by atomic mass is 16.5. The van der Waals surface area contributed by atoms with Crippen LogP contribution < -0.4 is 29.0 Å². The van der Waals surface area contributed by atoms with E-state index in [1.165, 1.54) is 21.3 Å². The first-order valence-corrected chi connectivity index (χ1v) is 7.98. The van der Waals surface area contributed by atoms with E-state index in [9.17, 15) is 4.79 Å². The molecule has 0 atom stereocenters. The molecule has 0 radical (unpaired) electrons. The minimum atomic E-state index is -0.294. The van der Waals surface area contributed by atoms with Gasteiger partial charge >= 0.3 is 0 Å². The van der Waals surface area contributed by atoms with Gasteiger partial charge < -0.3 is 29.0 Å². The van der Waals surface area contributed by atoms with Crippen LogP contribution in [-0.2, 0) is 0 Å². The van der Waals surface area contributed by atoms with Gasteiger partial charge in [0.1, 0.15) is 18.1 Å². The number of rotatable bonds is 9. The molecule has 0 bridgehead atoms. The third-order valence-corrected chi connectivity index (χ3v) is 3.65. The number of ether oxygens (including phenoxy) is 5. The van der Waals surface area contributed by atoms with Crippen LogP contribution in [0.25, 0.3) is 0 Å². The minimum absolute atomic E-state index is 0.294. The van der Waals surface area contributed by atoms with Gasteiger partial charge in [-0.2, -0.15) is 0 Å². The zero-order valence-corrected chi connectivity index (χ0v) is 15.3. The van der Waals surface area contributed by atoms with Crippen LogP contribution in [0.5, 0.6) is 28.7 Å². The molecule has 0 spiro atoms. The van der Waals surface area contributed by atoms with Crippen molar-refractivity contribution in [3.63, 3.8) is 0 Å². The predicted octanol–water partition coefficient (Wildman–Crippen LogP) is 2.53. The van der Waals surface area contributed by atoms with Crippen LogP contribution >= 0.6 is 0 Å². The second kappa shape index (κ2) is 9.41. The molecule has 0 fully saturated rings. The molecule has 7 heteroatoms. The second-order valence-electron chi connectivity index (χ2n) is 5.17. The molecule has 0 saturated carbocycles. The molecule has 2 aromatic rings. The van der Waals surface area contributed by atoms with E-state index in [2.05, 4.69) is 5.32 Å². The van der Waals surface area contributed by atoms with Gasteiger partial charge in [-0.3, -0.25) is 4.79 Å². The lowest BCUT2D eigenvalue weighted by molar-refractivity contribution is 0.0943. The van der Waals surface area contributed by atoms with E-state index in [0.29, 0.717) is 47.5 Å². The lowest BCUT2D eigenvalue weighted by Crippen LogP contribution is -2.28. The summed E-state index contributed by atoms with van der Waals surface area (Å²) in [7, 11) is 6.08. The quantitative estimate of drug-likeness (QED) is 0.692. The van der Waals surface area contributed by atoms with Crippen molar-refractivity contribution in [2.24, 2.45) is 0 Å². The van der Waals surface area contributed by atoms with Crippen molar-refractivity contribution >= 4 is 5.91 Å². The Balaban J connectivity index is 1.97. The van der Waals surface area contributed by atoms with Crippen LogP contribution in [0, 0.1) is 0 Å². The fourth-order valence-corrected chi connectivity index (χ4v) is 2.40. The lowest BCUT2D eigenvalue weighted by Gasteiger charge is -2.15. The van der Waals surface area contributed by atoms with Crippen LogP contribution in [0.15, 0.2) is 36.4 Å². The number of hydrogen-bond donors (Lipinski definition) is 1. The summed E-state index contributed by atoms with van der Waals surface area (Å²) in [5.74, 6) is 2.26. The van der Waals surface area contributed by atoms with E-state index in [4.69, 9.17) is 23.7 Å². The number of carbonyl (C=O) groups is 1. The first-order valence-electron chi connectivity index (χ1n) is 7.98. The molecule has 0 aliphatic heterocycles. The molecule has 2 rings (SSSR count). The van der Waals surface area contributed by atoms with Crippen molar-refractivity contribution in [3.8, 4) is 28.7 Å². The summed E-state index contributed by atoms with van der Waals surface area (Å²) in [6.45, 7) is 0.641. The Morgan fingerprint density at radius 1 is 0.885 bits per heavy atom. The van der Waals surface area contributed by atoms with Gasteiger partial charge in [-0.15, -0.1) is 0 Å². The lowest BCUT2D eigenvalue weighted by atomic mass is 10.1. The smallest absolute Gasteiger partial charge is 0.255 e. The minimum Gasteiger partial charge on any atom is -0.497 e. The molecule has 1 N–H and O–H groups in total. The third-order valence-electron chi connectivity index (χ3n) is 3.65. The molecule has 0 aliphatic rings. The van der Waals surface area contributed by atoms with Crippen LogP contribution in [0.3, 0.4) is 0 Å². The zero-order chi connectivity index (χ0) is 18.9. The van der Waals surface area contributed by atoms with Gasteiger partial charge in [0.15, 0.2) is 11.5 Å². The van der Waals surface area contributed by atoms with Gasteiger partial charge in [0.25, 0.3) is 5.91 Å². The average molecular weight is 361 g/mol. The van der Waals surface area contributed by atoms with Crippen molar-refractivity contribution in [1.82, 2.24) is 5.32 Å². The topological polar surface area (TPSA) is 75.3 Å². The molecule has 1 amide bonds.